The van der Waals surface area contributed by atoms with E-state index in [1.54, 1.807) is 12.1 Å². The number of aliphatic hydroxyl groups is 1. The van der Waals surface area contributed by atoms with E-state index in [1.807, 2.05) is 83.4 Å². The van der Waals surface area contributed by atoms with Crippen LogP contribution in [0.1, 0.15) is 92.1 Å². The molecule has 1 aromatic heterocycles. The summed E-state index contributed by atoms with van der Waals surface area (Å²) in [5, 5.41) is 15.6. The highest BCUT2D eigenvalue weighted by Gasteiger charge is 2.34. The molecule has 3 atom stereocenters. The summed E-state index contributed by atoms with van der Waals surface area (Å²) in [6.45, 7) is 2.86. The number of nitrogens with two attached hydrogens (primary N) is 1. The molecule has 0 unspecified atom stereocenters. The molecule has 2 aliphatic rings. The number of aromatic amines is 1. The van der Waals surface area contributed by atoms with E-state index in [9.17, 15) is 19.5 Å². The molecular formula is C50H56N6O6. The number of aliphatic hydroxyl groups excluding tert-OH is 1. The summed E-state index contributed by atoms with van der Waals surface area (Å²) >= 11 is 0. The van der Waals surface area contributed by atoms with Crippen LogP contribution in [0.25, 0.3) is 22.2 Å². The van der Waals surface area contributed by atoms with Crippen molar-refractivity contribution < 1.29 is 24.2 Å². The van der Waals surface area contributed by atoms with Gasteiger partial charge in [0.1, 0.15) is 0 Å². The maximum Gasteiger partial charge on any atom is 0.326 e. The number of hydrogen-bond acceptors (Lipinski definition) is 8. The molecule has 5 aromatic carbocycles. The second-order valence-corrected chi connectivity index (χ2v) is 16.5. The Morgan fingerprint density at radius 1 is 0.774 bits per heavy atom. The minimum atomic E-state index is -0.584. The number of imidazole rings is 1. The molecule has 12 nitrogen and oxygen atoms in total. The molecule has 62 heavy (non-hydrogen) atoms. The fraction of sp³-hybridized carbons (Fsp3) is 0.340. The smallest absolute Gasteiger partial charge is 0.326 e. The topological polar surface area (TPSA) is 164 Å². The van der Waals surface area contributed by atoms with Gasteiger partial charge < -0.3 is 40.8 Å². The summed E-state index contributed by atoms with van der Waals surface area (Å²) in [6.07, 6.45) is 4.50. The highest BCUT2D eigenvalue weighted by Crippen LogP contribution is 2.39. The summed E-state index contributed by atoms with van der Waals surface area (Å²) in [5.41, 5.74) is 14.7. The number of unbranched alkanes of at least 4 members (excludes halogenated alkanes) is 2. The van der Waals surface area contributed by atoms with E-state index in [0.717, 1.165) is 83.3 Å². The predicted molar refractivity (Wildman–Crippen MR) is 242 cm³/mol. The summed E-state index contributed by atoms with van der Waals surface area (Å²) in [6, 6.07) is 39.5. The summed E-state index contributed by atoms with van der Waals surface area (Å²) in [5.74, 6) is -0.104. The fourth-order valence-corrected chi connectivity index (χ4v) is 8.75. The number of carbonyl (C=O) groups is 2. The van der Waals surface area contributed by atoms with Crippen molar-refractivity contribution >= 4 is 34.2 Å². The van der Waals surface area contributed by atoms with Crippen LogP contribution in [0.3, 0.4) is 0 Å². The van der Waals surface area contributed by atoms with Crippen LogP contribution in [-0.4, -0.2) is 57.1 Å². The van der Waals surface area contributed by atoms with E-state index >= 15 is 0 Å². The van der Waals surface area contributed by atoms with Gasteiger partial charge >= 0.3 is 5.69 Å². The fourth-order valence-electron chi connectivity index (χ4n) is 8.75. The molecule has 0 bridgehead atoms. The molecular weight excluding hydrogens is 781 g/mol. The first-order chi connectivity index (χ1) is 30.3. The average molecular weight is 837 g/mol. The lowest BCUT2D eigenvalue weighted by Gasteiger charge is -2.40. The normalized spacial score (nSPS) is 18.4. The van der Waals surface area contributed by atoms with Gasteiger partial charge in [0, 0.05) is 57.0 Å². The predicted octanol–water partition coefficient (Wildman–Crippen LogP) is 8.16. The molecule has 3 heterocycles. The van der Waals surface area contributed by atoms with Gasteiger partial charge in [0.2, 0.25) is 11.8 Å². The van der Waals surface area contributed by atoms with Crippen molar-refractivity contribution in [1.82, 2.24) is 19.8 Å². The minimum Gasteiger partial charge on any atom is -0.397 e. The van der Waals surface area contributed by atoms with Crippen LogP contribution in [0.5, 0.6) is 0 Å². The van der Waals surface area contributed by atoms with Crippen LogP contribution in [0.15, 0.2) is 126 Å². The standard InChI is InChI=1S/C50H56N6O6/c51-42-12-6-7-13-43(42)53-48(59)17-3-1-2-16-47(58)52-31-38-10-4-5-11-41(38)35-22-24-37(25-23-35)49-61-40(30-46(62-49)36-20-18-34(33-57)19-21-36)32-55-28-26-39(27-29-55)56-45-15-9-8-14-44(45)54-50(56)60/h4-15,18-25,39-40,46,49,57H,1-3,16-17,26-33,51H2,(H,52,58)(H,53,59)(H,54,60)/t40-,46+,49+/m0/s1. The monoisotopic (exact) mass is 836 g/mol. The van der Waals surface area contributed by atoms with Gasteiger partial charge in [-0.15, -0.1) is 0 Å². The number of aromatic nitrogens is 2. The first-order valence-electron chi connectivity index (χ1n) is 21.8. The Balaban J connectivity index is 0.865. The van der Waals surface area contributed by atoms with Gasteiger partial charge in [-0.05, 0) is 77.8 Å². The molecule has 2 amide bonds. The molecule has 2 aliphatic heterocycles. The molecule has 0 radical (unpaired) electrons. The van der Waals surface area contributed by atoms with Crippen LogP contribution in [0, 0.1) is 0 Å². The minimum absolute atomic E-state index is 0.0157. The van der Waals surface area contributed by atoms with E-state index in [-0.39, 0.29) is 42.4 Å². The van der Waals surface area contributed by atoms with Gasteiger partial charge in [0.15, 0.2) is 6.29 Å². The highest BCUT2D eigenvalue weighted by atomic mass is 16.7. The number of nitrogens with zero attached hydrogens (tertiary/aromatic N) is 2. The summed E-state index contributed by atoms with van der Waals surface area (Å²) in [4.78, 5) is 43.5. The van der Waals surface area contributed by atoms with Crippen molar-refractivity contribution in [2.45, 2.75) is 89.1 Å². The molecule has 0 spiro atoms. The van der Waals surface area contributed by atoms with Crippen LogP contribution >= 0.6 is 0 Å². The molecule has 6 N–H and O–H groups in total. The number of nitrogen functional groups attached to an aromatic ring is 1. The number of para-hydroxylation sites is 4. The molecule has 2 fully saturated rings. The Hall–Kier alpha value is -6.05. The second kappa shape index (κ2) is 20.2. The Bertz CT molecular complexity index is 2490. The van der Waals surface area contributed by atoms with Crippen LogP contribution in [0.2, 0.25) is 0 Å². The number of ether oxygens (including phenoxy) is 2. The van der Waals surface area contributed by atoms with E-state index in [1.165, 1.54) is 0 Å². The number of nitrogens with one attached hydrogen (secondary N) is 3. The number of piperidine rings is 1. The first kappa shape index (κ1) is 42.6. The van der Waals surface area contributed by atoms with E-state index in [4.69, 9.17) is 15.2 Å². The summed E-state index contributed by atoms with van der Waals surface area (Å²) < 4.78 is 15.3. The Labute approximate surface area is 362 Å². The number of fused-ring (bicyclic) bond motifs is 1. The molecule has 6 aromatic rings. The Morgan fingerprint density at radius 2 is 1.47 bits per heavy atom. The van der Waals surface area contributed by atoms with E-state index < -0.39 is 6.29 Å². The van der Waals surface area contributed by atoms with E-state index in [0.29, 0.717) is 50.0 Å². The lowest BCUT2D eigenvalue weighted by molar-refractivity contribution is -0.253. The van der Waals surface area contributed by atoms with Crippen molar-refractivity contribution in [3.05, 3.63) is 154 Å². The maximum atomic E-state index is 12.9. The molecule has 322 valence electrons. The zero-order valence-electron chi connectivity index (χ0n) is 35.0. The van der Waals surface area contributed by atoms with Gasteiger partial charge in [-0.1, -0.05) is 103 Å². The van der Waals surface area contributed by atoms with Crippen LogP contribution in [0.4, 0.5) is 11.4 Å². The molecule has 8 rings (SSSR count). The number of hydrogen-bond donors (Lipinski definition) is 5. The van der Waals surface area contributed by atoms with Gasteiger partial charge in [-0.2, -0.15) is 0 Å². The number of carbonyl (C=O) groups excluding carboxylic acids is 2. The van der Waals surface area contributed by atoms with Crippen molar-refractivity contribution in [2.75, 3.05) is 30.7 Å². The van der Waals surface area contributed by atoms with Gasteiger partial charge in [-0.25, -0.2) is 4.79 Å². The van der Waals surface area contributed by atoms with Crippen molar-refractivity contribution in [3.63, 3.8) is 0 Å². The molecule has 2 saturated heterocycles. The zero-order valence-corrected chi connectivity index (χ0v) is 35.0. The lowest BCUT2D eigenvalue weighted by atomic mass is 9.97. The second-order valence-electron chi connectivity index (χ2n) is 16.5. The van der Waals surface area contributed by atoms with Crippen molar-refractivity contribution in [1.29, 1.82) is 0 Å². The van der Waals surface area contributed by atoms with Gasteiger partial charge in [-0.3, -0.25) is 14.2 Å². The average Bonchev–Trinajstić information content (AvgIpc) is 3.64. The maximum absolute atomic E-state index is 12.9. The van der Waals surface area contributed by atoms with Crippen molar-refractivity contribution in [3.8, 4) is 11.1 Å². The van der Waals surface area contributed by atoms with Gasteiger partial charge in [0.25, 0.3) is 0 Å². The number of amides is 2. The van der Waals surface area contributed by atoms with Crippen LogP contribution < -0.4 is 22.1 Å². The van der Waals surface area contributed by atoms with Crippen LogP contribution in [-0.2, 0) is 32.2 Å². The largest absolute Gasteiger partial charge is 0.397 e. The molecule has 0 aliphatic carbocycles. The highest BCUT2D eigenvalue weighted by molar-refractivity contribution is 5.93. The summed E-state index contributed by atoms with van der Waals surface area (Å²) in [7, 11) is 0. The third-order valence-corrected chi connectivity index (χ3v) is 12.2. The third kappa shape index (κ3) is 10.5. The molecule has 12 heteroatoms. The number of rotatable bonds is 16. The Kier molecular flexibility index (Phi) is 13.9. The quantitative estimate of drug-likeness (QED) is 0.0482. The lowest BCUT2D eigenvalue weighted by Crippen LogP contribution is -2.43. The van der Waals surface area contributed by atoms with E-state index in [2.05, 4.69) is 50.8 Å². The zero-order chi connectivity index (χ0) is 42.8. The Morgan fingerprint density at radius 3 is 2.24 bits per heavy atom. The molecule has 0 saturated carbocycles. The third-order valence-electron chi connectivity index (χ3n) is 12.2. The first-order valence-corrected chi connectivity index (χ1v) is 21.8. The SMILES string of the molecule is Nc1ccccc1NC(=O)CCCCCC(=O)NCc1ccccc1-c1ccc([C@@H]2O[C@H](CN3CCC(n4c(=O)[nH]c5ccccc54)CC3)C[C@H](c3ccc(CO)cc3)O2)cc1. The number of likely N-dealkylation sites (tertiary alicyclic amines) is 1. The number of H-pyrrole nitrogens is 1. The van der Waals surface area contributed by atoms with Crippen molar-refractivity contribution in [2.24, 2.45) is 0 Å². The number of benzene rings is 5. The number of anilines is 2. The van der Waals surface area contributed by atoms with Gasteiger partial charge in [0.05, 0.1) is 41.2 Å².